The molecule has 0 radical (unpaired) electrons. The number of rotatable bonds is 7. The lowest BCUT2D eigenvalue weighted by Gasteiger charge is -2.11. The van der Waals surface area contributed by atoms with E-state index in [0.717, 1.165) is 28.7 Å². The Kier molecular flexibility index (Phi) is 6.96. The maximum absolute atomic E-state index is 5.45. The first-order valence-electron chi connectivity index (χ1n) is 9.66. The van der Waals surface area contributed by atoms with Crippen LogP contribution in [0.2, 0.25) is 0 Å². The highest BCUT2D eigenvalue weighted by molar-refractivity contribution is 5.74. The Morgan fingerprint density at radius 1 is 0.897 bits per heavy atom. The molecule has 3 rings (SSSR count). The number of benzene rings is 3. The van der Waals surface area contributed by atoms with Crippen LogP contribution in [0.15, 0.2) is 108 Å². The van der Waals surface area contributed by atoms with Gasteiger partial charge in [-0.1, -0.05) is 78.9 Å². The second-order valence-corrected chi connectivity index (χ2v) is 6.89. The average Bonchev–Trinajstić information content (AvgIpc) is 2.78. The van der Waals surface area contributed by atoms with Gasteiger partial charge in [-0.2, -0.15) is 0 Å². The summed E-state index contributed by atoms with van der Waals surface area (Å²) in [5.74, 6) is 0. The third-order valence-electron chi connectivity index (χ3n) is 4.85. The van der Waals surface area contributed by atoms with E-state index in [1.54, 1.807) is 6.20 Å². The number of nitrogens with two attached hydrogens (primary N) is 1. The summed E-state index contributed by atoms with van der Waals surface area (Å²) in [4.78, 5) is 4.04. The molecule has 0 heterocycles. The number of allylic oxidation sites excluding steroid dienone is 4. The van der Waals surface area contributed by atoms with E-state index < -0.39 is 0 Å². The lowest BCUT2D eigenvalue weighted by atomic mass is 9.94. The summed E-state index contributed by atoms with van der Waals surface area (Å²) < 4.78 is 0. The molecule has 2 heteroatoms. The highest BCUT2D eigenvalue weighted by Crippen LogP contribution is 2.25. The van der Waals surface area contributed by atoms with E-state index in [-0.39, 0.29) is 0 Å². The molecule has 0 saturated carbocycles. The lowest BCUT2D eigenvalue weighted by Crippen LogP contribution is -1.93. The van der Waals surface area contributed by atoms with Gasteiger partial charge in [-0.25, -0.2) is 0 Å². The van der Waals surface area contributed by atoms with E-state index in [9.17, 15) is 0 Å². The molecular weight excluding hydrogens is 352 g/mol. The SMILES string of the molecule is C=N/C=C(\Cc1ccc(-c2ccccc2)cc1)c1cccc(/C(C)=C/C=C\N)c1. The molecule has 0 unspecified atom stereocenters. The van der Waals surface area contributed by atoms with E-state index in [0.29, 0.717) is 0 Å². The summed E-state index contributed by atoms with van der Waals surface area (Å²) >= 11 is 0. The molecule has 0 amide bonds. The molecular formula is C27H26N2. The highest BCUT2D eigenvalue weighted by atomic mass is 14.6. The summed E-state index contributed by atoms with van der Waals surface area (Å²) in [7, 11) is 0. The Labute approximate surface area is 173 Å². The van der Waals surface area contributed by atoms with Crippen LogP contribution in [0.1, 0.15) is 23.6 Å². The summed E-state index contributed by atoms with van der Waals surface area (Å²) in [6.45, 7) is 5.74. The zero-order chi connectivity index (χ0) is 20.5. The van der Waals surface area contributed by atoms with Crippen molar-refractivity contribution in [3.05, 3.63) is 120 Å². The second-order valence-electron chi connectivity index (χ2n) is 6.89. The van der Waals surface area contributed by atoms with Crippen LogP contribution in [0.4, 0.5) is 0 Å². The van der Waals surface area contributed by atoms with E-state index in [1.807, 2.05) is 24.4 Å². The first-order chi connectivity index (χ1) is 14.2. The standard InChI is InChI=1S/C27H26N2/c1-21(8-7-17-28)25-11-6-12-26(19-25)27(20-29-2)18-22-13-15-24(16-14-22)23-9-4-3-5-10-23/h3-17,19-20H,2,18,28H2,1H3/b17-7-,21-8+,27-20+. The second kappa shape index (κ2) is 10.0. The van der Waals surface area contributed by atoms with Crippen LogP contribution in [0.3, 0.4) is 0 Å². The number of aliphatic imine (C=N–C) groups is 1. The van der Waals surface area contributed by atoms with Crippen LogP contribution >= 0.6 is 0 Å². The monoisotopic (exact) mass is 378 g/mol. The molecule has 0 aromatic heterocycles. The van der Waals surface area contributed by atoms with Gasteiger partial charge in [0.2, 0.25) is 0 Å². The molecule has 0 saturated heterocycles. The molecule has 144 valence electrons. The van der Waals surface area contributed by atoms with Gasteiger partial charge in [0.1, 0.15) is 0 Å². The Morgan fingerprint density at radius 2 is 1.59 bits per heavy atom. The molecule has 0 aliphatic carbocycles. The van der Waals surface area contributed by atoms with Gasteiger partial charge in [-0.05, 0) is 77.4 Å². The average molecular weight is 379 g/mol. The molecule has 0 aliphatic heterocycles. The molecule has 2 N–H and O–H groups in total. The minimum atomic E-state index is 0.795. The molecule has 0 spiro atoms. The highest BCUT2D eigenvalue weighted by Gasteiger charge is 2.06. The van der Waals surface area contributed by atoms with Crippen molar-refractivity contribution in [2.75, 3.05) is 0 Å². The van der Waals surface area contributed by atoms with Crippen LogP contribution in [0, 0.1) is 0 Å². The van der Waals surface area contributed by atoms with Crippen molar-refractivity contribution in [2.24, 2.45) is 10.7 Å². The van der Waals surface area contributed by atoms with Gasteiger partial charge in [0.05, 0.1) is 0 Å². The van der Waals surface area contributed by atoms with Crippen LogP contribution in [0.5, 0.6) is 0 Å². The molecule has 2 nitrogen and oxygen atoms in total. The zero-order valence-corrected chi connectivity index (χ0v) is 16.8. The molecule has 0 aliphatic rings. The van der Waals surface area contributed by atoms with E-state index >= 15 is 0 Å². The van der Waals surface area contributed by atoms with Gasteiger partial charge in [0.25, 0.3) is 0 Å². The maximum atomic E-state index is 5.45. The van der Waals surface area contributed by atoms with Crippen molar-refractivity contribution in [1.82, 2.24) is 0 Å². The van der Waals surface area contributed by atoms with Gasteiger partial charge < -0.3 is 5.73 Å². The zero-order valence-electron chi connectivity index (χ0n) is 16.8. The van der Waals surface area contributed by atoms with Crippen molar-refractivity contribution < 1.29 is 0 Å². The van der Waals surface area contributed by atoms with Crippen LogP contribution in [-0.4, -0.2) is 6.72 Å². The molecule has 0 fully saturated rings. The topological polar surface area (TPSA) is 38.4 Å². The predicted molar refractivity (Wildman–Crippen MR) is 127 cm³/mol. The van der Waals surface area contributed by atoms with Gasteiger partial charge in [-0.15, -0.1) is 0 Å². The molecule has 0 bridgehead atoms. The molecule has 0 atom stereocenters. The molecule has 29 heavy (non-hydrogen) atoms. The Morgan fingerprint density at radius 3 is 2.28 bits per heavy atom. The lowest BCUT2D eigenvalue weighted by molar-refractivity contribution is 1.27. The molecule has 3 aromatic carbocycles. The number of hydrogen-bond acceptors (Lipinski definition) is 2. The fourth-order valence-electron chi connectivity index (χ4n) is 3.26. The Hall–Kier alpha value is -3.65. The summed E-state index contributed by atoms with van der Waals surface area (Å²) in [6.07, 6.45) is 8.04. The smallest absolute Gasteiger partial charge is 0.0301 e. The quantitative estimate of drug-likeness (QED) is 0.369. The van der Waals surface area contributed by atoms with Gasteiger partial charge in [-0.3, -0.25) is 4.99 Å². The maximum Gasteiger partial charge on any atom is 0.0301 e. The largest absolute Gasteiger partial charge is 0.405 e. The van der Waals surface area contributed by atoms with Crippen molar-refractivity contribution in [3.63, 3.8) is 0 Å². The fourth-order valence-corrected chi connectivity index (χ4v) is 3.26. The van der Waals surface area contributed by atoms with Crippen LogP contribution < -0.4 is 5.73 Å². The van der Waals surface area contributed by atoms with Crippen molar-refractivity contribution in [3.8, 4) is 11.1 Å². The minimum absolute atomic E-state index is 0.795. The first-order valence-corrected chi connectivity index (χ1v) is 9.66. The Balaban J connectivity index is 1.84. The minimum Gasteiger partial charge on any atom is -0.405 e. The summed E-state index contributed by atoms with van der Waals surface area (Å²) in [5, 5.41) is 0. The van der Waals surface area contributed by atoms with Gasteiger partial charge in [0, 0.05) is 6.20 Å². The Bertz CT molecular complexity index is 1040. The summed E-state index contributed by atoms with van der Waals surface area (Å²) in [6, 6.07) is 27.6. The van der Waals surface area contributed by atoms with Gasteiger partial charge in [0.15, 0.2) is 0 Å². The predicted octanol–water partition coefficient (Wildman–Crippen LogP) is 6.51. The van der Waals surface area contributed by atoms with Crippen LogP contribution in [0.25, 0.3) is 22.3 Å². The number of nitrogens with zero attached hydrogens (tertiary/aromatic N) is 1. The normalized spacial score (nSPS) is 12.3. The summed E-state index contributed by atoms with van der Waals surface area (Å²) in [5.41, 5.74) is 13.7. The third kappa shape index (κ3) is 5.43. The van der Waals surface area contributed by atoms with Crippen molar-refractivity contribution in [1.29, 1.82) is 0 Å². The fraction of sp³-hybridized carbons (Fsp3) is 0.0741. The molecule has 3 aromatic rings. The van der Waals surface area contributed by atoms with Crippen LogP contribution in [-0.2, 0) is 6.42 Å². The van der Waals surface area contributed by atoms with E-state index in [2.05, 4.69) is 91.4 Å². The van der Waals surface area contributed by atoms with E-state index in [4.69, 9.17) is 5.73 Å². The number of hydrogen-bond donors (Lipinski definition) is 1. The van der Waals surface area contributed by atoms with Crippen molar-refractivity contribution in [2.45, 2.75) is 13.3 Å². The first kappa shape index (κ1) is 20.1. The van der Waals surface area contributed by atoms with Crippen molar-refractivity contribution >= 4 is 17.9 Å². The van der Waals surface area contributed by atoms with E-state index in [1.165, 1.54) is 16.7 Å². The van der Waals surface area contributed by atoms with Gasteiger partial charge >= 0.3 is 0 Å². The third-order valence-corrected chi connectivity index (χ3v) is 4.85.